The van der Waals surface area contributed by atoms with Crippen LogP contribution in [0.3, 0.4) is 0 Å². The molecule has 1 aliphatic rings. The van der Waals surface area contributed by atoms with E-state index in [2.05, 4.69) is 55.5 Å². The third-order valence-corrected chi connectivity index (χ3v) is 3.55. The quantitative estimate of drug-likeness (QED) is 0.607. The standard InChI is InChI=1S/C16H16/c1-2-12-8-5-9-15-10-13-6-3-4-7-14(13)11-16(12)15/h3-8,10-12H,2,9H2,1H3. The van der Waals surface area contributed by atoms with Crippen molar-refractivity contribution in [1.82, 2.24) is 0 Å². The molecule has 0 saturated heterocycles. The van der Waals surface area contributed by atoms with Gasteiger partial charge in [-0.25, -0.2) is 0 Å². The fourth-order valence-electron chi connectivity index (χ4n) is 2.65. The van der Waals surface area contributed by atoms with Gasteiger partial charge in [-0.3, -0.25) is 0 Å². The molecule has 0 nitrogen and oxygen atoms in total. The van der Waals surface area contributed by atoms with Crippen LogP contribution in [0.4, 0.5) is 0 Å². The van der Waals surface area contributed by atoms with E-state index in [1.54, 1.807) is 0 Å². The molecular formula is C16H16. The molecule has 0 heterocycles. The highest BCUT2D eigenvalue weighted by Gasteiger charge is 2.14. The molecule has 0 N–H and O–H groups in total. The van der Waals surface area contributed by atoms with E-state index in [9.17, 15) is 0 Å². The lowest BCUT2D eigenvalue weighted by Gasteiger charge is -2.20. The Morgan fingerprint density at radius 1 is 1.12 bits per heavy atom. The van der Waals surface area contributed by atoms with Crippen molar-refractivity contribution in [2.75, 3.05) is 0 Å². The largest absolute Gasteiger partial charge is 0.0835 e. The first kappa shape index (κ1) is 9.65. The molecule has 0 aliphatic heterocycles. The lowest BCUT2D eigenvalue weighted by molar-refractivity contribution is 0.780. The highest BCUT2D eigenvalue weighted by atomic mass is 14.2. The first-order valence-electron chi connectivity index (χ1n) is 6.06. The van der Waals surface area contributed by atoms with Crippen molar-refractivity contribution < 1.29 is 0 Å². The van der Waals surface area contributed by atoms with Crippen LogP contribution in [0.2, 0.25) is 0 Å². The zero-order chi connectivity index (χ0) is 11.0. The van der Waals surface area contributed by atoms with E-state index < -0.39 is 0 Å². The van der Waals surface area contributed by atoms with Crippen molar-refractivity contribution in [1.29, 1.82) is 0 Å². The van der Waals surface area contributed by atoms with Gasteiger partial charge in [0, 0.05) is 5.92 Å². The third-order valence-electron chi connectivity index (χ3n) is 3.55. The summed E-state index contributed by atoms with van der Waals surface area (Å²) in [5.74, 6) is 0.619. The smallest absolute Gasteiger partial charge is 0.00185 e. The Hall–Kier alpha value is -1.56. The lowest BCUT2D eigenvalue weighted by Crippen LogP contribution is -2.03. The molecule has 16 heavy (non-hydrogen) atoms. The summed E-state index contributed by atoms with van der Waals surface area (Å²) in [5, 5.41) is 2.74. The van der Waals surface area contributed by atoms with Gasteiger partial charge >= 0.3 is 0 Å². The predicted molar refractivity (Wildman–Crippen MR) is 69.8 cm³/mol. The second-order valence-corrected chi connectivity index (χ2v) is 4.55. The molecule has 0 spiro atoms. The Morgan fingerprint density at radius 2 is 1.88 bits per heavy atom. The molecule has 2 aromatic rings. The molecular weight excluding hydrogens is 192 g/mol. The van der Waals surface area contributed by atoms with E-state index in [4.69, 9.17) is 0 Å². The molecule has 2 aromatic carbocycles. The number of fused-ring (bicyclic) bond motifs is 2. The summed E-state index contributed by atoms with van der Waals surface area (Å²) in [6.45, 7) is 2.26. The maximum Gasteiger partial charge on any atom is 0.00185 e. The summed E-state index contributed by atoms with van der Waals surface area (Å²) in [6, 6.07) is 13.4. The minimum atomic E-state index is 0.619. The van der Waals surface area contributed by atoms with Crippen LogP contribution in [0.25, 0.3) is 10.8 Å². The van der Waals surface area contributed by atoms with Gasteiger partial charge in [-0.05, 0) is 34.7 Å². The second-order valence-electron chi connectivity index (χ2n) is 4.55. The van der Waals surface area contributed by atoms with Gasteiger partial charge in [0.25, 0.3) is 0 Å². The number of allylic oxidation sites excluding steroid dienone is 2. The molecule has 0 radical (unpaired) electrons. The van der Waals surface area contributed by atoms with Crippen LogP contribution in [0.5, 0.6) is 0 Å². The van der Waals surface area contributed by atoms with E-state index in [-0.39, 0.29) is 0 Å². The van der Waals surface area contributed by atoms with Crippen molar-refractivity contribution in [2.24, 2.45) is 0 Å². The molecule has 0 bridgehead atoms. The summed E-state index contributed by atoms with van der Waals surface area (Å²) in [5.41, 5.74) is 3.04. The number of benzene rings is 2. The van der Waals surface area contributed by atoms with Crippen LogP contribution in [-0.4, -0.2) is 0 Å². The molecule has 80 valence electrons. The normalized spacial score (nSPS) is 18.7. The van der Waals surface area contributed by atoms with Gasteiger partial charge in [-0.1, -0.05) is 55.5 Å². The van der Waals surface area contributed by atoms with E-state index in [0.29, 0.717) is 5.92 Å². The average molecular weight is 208 g/mol. The van der Waals surface area contributed by atoms with E-state index in [0.717, 1.165) is 6.42 Å². The Kier molecular flexibility index (Phi) is 2.28. The highest BCUT2D eigenvalue weighted by molar-refractivity contribution is 5.84. The summed E-state index contributed by atoms with van der Waals surface area (Å²) in [7, 11) is 0. The molecule has 1 atom stereocenters. The maximum absolute atomic E-state index is 2.38. The zero-order valence-corrected chi connectivity index (χ0v) is 9.61. The first-order chi connectivity index (χ1) is 7.88. The van der Waals surface area contributed by atoms with Crippen molar-refractivity contribution in [3.8, 4) is 0 Å². The summed E-state index contributed by atoms with van der Waals surface area (Å²) in [4.78, 5) is 0. The van der Waals surface area contributed by atoms with Crippen molar-refractivity contribution >= 4 is 10.8 Å². The van der Waals surface area contributed by atoms with Crippen LogP contribution < -0.4 is 0 Å². The lowest BCUT2D eigenvalue weighted by atomic mass is 9.84. The van der Waals surface area contributed by atoms with Crippen LogP contribution in [0, 0.1) is 0 Å². The molecule has 0 aromatic heterocycles. The molecule has 1 aliphatic carbocycles. The molecule has 0 amide bonds. The predicted octanol–water partition coefficient (Wildman–Crippen LogP) is 4.45. The third kappa shape index (κ3) is 1.46. The number of rotatable bonds is 1. The molecule has 1 unspecified atom stereocenters. The van der Waals surface area contributed by atoms with Crippen molar-refractivity contribution in [3.05, 3.63) is 59.7 Å². The van der Waals surface area contributed by atoms with Gasteiger partial charge in [0.1, 0.15) is 0 Å². The first-order valence-corrected chi connectivity index (χ1v) is 6.06. The Balaban J connectivity index is 2.24. The molecule has 3 rings (SSSR count). The fourth-order valence-corrected chi connectivity index (χ4v) is 2.65. The van der Waals surface area contributed by atoms with Crippen LogP contribution in [0.1, 0.15) is 30.4 Å². The Morgan fingerprint density at radius 3 is 2.62 bits per heavy atom. The maximum atomic E-state index is 2.38. The Bertz CT molecular complexity index is 549. The minimum absolute atomic E-state index is 0.619. The van der Waals surface area contributed by atoms with Crippen LogP contribution in [0.15, 0.2) is 48.6 Å². The fraction of sp³-hybridized carbons (Fsp3) is 0.250. The van der Waals surface area contributed by atoms with E-state index in [1.807, 2.05) is 0 Å². The van der Waals surface area contributed by atoms with Gasteiger partial charge < -0.3 is 0 Å². The average Bonchev–Trinajstić information content (AvgIpc) is 2.35. The zero-order valence-electron chi connectivity index (χ0n) is 9.61. The second kappa shape index (κ2) is 3.79. The van der Waals surface area contributed by atoms with Gasteiger partial charge in [-0.2, -0.15) is 0 Å². The van der Waals surface area contributed by atoms with E-state index in [1.165, 1.54) is 28.3 Å². The van der Waals surface area contributed by atoms with Gasteiger partial charge in [0.15, 0.2) is 0 Å². The monoisotopic (exact) mass is 208 g/mol. The number of hydrogen-bond acceptors (Lipinski definition) is 0. The number of hydrogen-bond donors (Lipinski definition) is 0. The van der Waals surface area contributed by atoms with Gasteiger partial charge in [-0.15, -0.1) is 0 Å². The minimum Gasteiger partial charge on any atom is -0.0835 e. The summed E-state index contributed by atoms with van der Waals surface area (Å²) in [6.07, 6.45) is 6.96. The van der Waals surface area contributed by atoms with E-state index >= 15 is 0 Å². The topological polar surface area (TPSA) is 0 Å². The van der Waals surface area contributed by atoms with Crippen LogP contribution in [-0.2, 0) is 6.42 Å². The molecule has 0 saturated carbocycles. The highest BCUT2D eigenvalue weighted by Crippen LogP contribution is 2.32. The summed E-state index contributed by atoms with van der Waals surface area (Å²) < 4.78 is 0. The molecule has 0 heteroatoms. The van der Waals surface area contributed by atoms with Gasteiger partial charge in [0.2, 0.25) is 0 Å². The van der Waals surface area contributed by atoms with Crippen LogP contribution >= 0.6 is 0 Å². The van der Waals surface area contributed by atoms with Gasteiger partial charge in [0.05, 0.1) is 0 Å². The van der Waals surface area contributed by atoms with Crippen molar-refractivity contribution in [2.45, 2.75) is 25.7 Å². The SMILES string of the molecule is CCC1C=CCc2cc3ccccc3cc21. The summed E-state index contributed by atoms with van der Waals surface area (Å²) >= 11 is 0. The molecule has 0 fully saturated rings. The van der Waals surface area contributed by atoms with Crippen molar-refractivity contribution in [3.63, 3.8) is 0 Å². The Labute approximate surface area is 96.6 Å².